The Balaban J connectivity index is 1.66. The molecule has 0 aliphatic carbocycles. The summed E-state index contributed by atoms with van der Waals surface area (Å²) in [6, 6.07) is 12.8. The fraction of sp³-hybridized carbons (Fsp3) is 0.273. The molecule has 0 saturated carbocycles. The summed E-state index contributed by atoms with van der Waals surface area (Å²) in [6.45, 7) is 3.74. The van der Waals surface area contributed by atoms with Gasteiger partial charge < -0.3 is 19.8 Å². The number of carbonyl (C=O) groups is 2. The molecule has 0 aliphatic heterocycles. The van der Waals surface area contributed by atoms with Gasteiger partial charge in [0.15, 0.2) is 6.61 Å². The Kier molecular flexibility index (Phi) is 5.99. The fourth-order valence-corrected chi connectivity index (χ4v) is 3.20. The van der Waals surface area contributed by atoms with Crippen LogP contribution in [0.4, 0.5) is 0 Å². The predicted molar refractivity (Wildman–Crippen MR) is 107 cm³/mol. The SMILES string of the molecule is COC(=O)C(Cc1c[nH]c2ccccc12)NC(=O)COc1ccc(C)cc1C. The number of nitrogens with one attached hydrogen (secondary N) is 2. The van der Waals surface area contributed by atoms with Crippen molar-refractivity contribution in [3.05, 3.63) is 65.4 Å². The number of carbonyl (C=O) groups excluding carboxylic acids is 2. The number of para-hydroxylation sites is 1. The van der Waals surface area contributed by atoms with E-state index in [1.807, 2.05) is 62.5 Å². The van der Waals surface area contributed by atoms with E-state index in [1.54, 1.807) is 0 Å². The lowest BCUT2D eigenvalue weighted by atomic mass is 10.0. The van der Waals surface area contributed by atoms with Gasteiger partial charge in [-0.1, -0.05) is 35.9 Å². The van der Waals surface area contributed by atoms with Crippen LogP contribution in [0.2, 0.25) is 0 Å². The van der Waals surface area contributed by atoms with Gasteiger partial charge in [-0.2, -0.15) is 0 Å². The summed E-state index contributed by atoms with van der Waals surface area (Å²) in [5.74, 6) is -0.229. The van der Waals surface area contributed by atoms with Crippen LogP contribution in [0.1, 0.15) is 16.7 Å². The first kappa shape index (κ1) is 19.5. The Morgan fingerprint density at radius 1 is 1.14 bits per heavy atom. The van der Waals surface area contributed by atoms with Crippen LogP contribution in [-0.2, 0) is 20.7 Å². The van der Waals surface area contributed by atoms with E-state index in [4.69, 9.17) is 9.47 Å². The van der Waals surface area contributed by atoms with Gasteiger partial charge in [-0.15, -0.1) is 0 Å². The molecule has 0 saturated heterocycles. The van der Waals surface area contributed by atoms with E-state index in [0.29, 0.717) is 12.2 Å². The van der Waals surface area contributed by atoms with Crippen molar-refractivity contribution in [2.45, 2.75) is 26.3 Å². The second-order valence-corrected chi connectivity index (χ2v) is 6.76. The zero-order valence-corrected chi connectivity index (χ0v) is 16.2. The lowest BCUT2D eigenvalue weighted by Gasteiger charge is -2.17. The highest BCUT2D eigenvalue weighted by atomic mass is 16.5. The Labute approximate surface area is 163 Å². The molecule has 1 atom stereocenters. The van der Waals surface area contributed by atoms with Gasteiger partial charge in [0, 0.05) is 23.5 Å². The maximum atomic E-state index is 12.4. The van der Waals surface area contributed by atoms with Crippen LogP contribution in [0.25, 0.3) is 10.9 Å². The number of amides is 1. The minimum Gasteiger partial charge on any atom is -0.484 e. The number of hydrogen-bond donors (Lipinski definition) is 2. The Bertz CT molecular complexity index is 993. The maximum Gasteiger partial charge on any atom is 0.328 e. The average Bonchev–Trinajstić information content (AvgIpc) is 3.09. The Hall–Kier alpha value is -3.28. The first-order valence-corrected chi connectivity index (χ1v) is 9.10. The molecule has 3 aromatic rings. The molecule has 146 valence electrons. The molecular formula is C22H24N2O4. The normalized spacial score (nSPS) is 11.8. The van der Waals surface area contributed by atoms with Gasteiger partial charge in [0.1, 0.15) is 11.8 Å². The molecule has 1 amide bonds. The molecule has 6 heteroatoms. The number of benzene rings is 2. The third-order valence-corrected chi connectivity index (χ3v) is 4.61. The smallest absolute Gasteiger partial charge is 0.328 e. The van der Waals surface area contributed by atoms with Gasteiger partial charge in [0.05, 0.1) is 7.11 Å². The van der Waals surface area contributed by atoms with E-state index in [1.165, 1.54) is 7.11 Å². The number of hydrogen-bond acceptors (Lipinski definition) is 4. The highest BCUT2D eigenvalue weighted by Gasteiger charge is 2.23. The van der Waals surface area contributed by atoms with Gasteiger partial charge >= 0.3 is 5.97 Å². The Morgan fingerprint density at radius 2 is 1.93 bits per heavy atom. The van der Waals surface area contributed by atoms with Crippen LogP contribution in [0.3, 0.4) is 0 Å². The van der Waals surface area contributed by atoms with Crippen molar-refractivity contribution in [1.29, 1.82) is 0 Å². The Morgan fingerprint density at radius 3 is 2.68 bits per heavy atom. The molecule has 0 bridgehead atoms. The zero-order chi connectivity index (χ0) is 20.1. The molecule has 2 N–H and O–H groups in total. The van der Waals surface area contributed by atoms with Crippen molar-refractivity contribution in [2.24, 2.45) is 0 Å². The molecule has 0 fully saturated rings. The topological polar surface area (TPSA) is 80.4 Å². The standard InChI is InChI=1S/C22H24N2O4/c1-14-8-9-20(15(2)10-14)28-13-21(25)24-19(22(26)27-3)11-16-12-23-18-7-5-4-6-17(16)18/h4-10,12,19,23H,11,13H2,1-3H3,(H,24,25). The van der Waals surface area contributed by atoms with E-state index in [2.05, 4.69) is 10.3 Å². The largest absolute Gasteiger partial charge is 0.484 e. The van der Waals surface area contributed by atoms with Crippen molar-refractivity contribution in [3.8, 4) is 5.75 Å². The molecule has 2 aromatic carbocycles. The van der Waals surface area contributed by atoms with Crippen molar-refractivity contribution >= 4 is 22.8 Å². The van der Waals surface area contributed by atoms with Crippen LogP contribution in [0, 0.1) is 13.8 Å². The summed E-state index contributed by atoms with van der Waals surface area (Å²) in [5, 5.41) is 3.73. The van der Waals surface area contributed by atoms with Gasteiger partial charge in [-0.3, -0.25) is 4.79 Å². The number of ether oxygens (including phenoxy) is 2. The minimum absolute atomic E-state index is 0.175. The number of aryl methyl sites for hydroxylation is 2. The van der Waals surface area contributed by atoms with E-state index in [-0.39, 0.29) is 12.5 Å². The molecule has 1 heterocycles. The quantitative estimate of drug-likeness (QED) is 0.618. The summed E-state index contributed by atoms with van der Waals surface area (Å²) in [4.78, 5) is 27.7. The average molecular weight is 380 g/mol. The van der Waals surface area contributed by atoms with Gasteiger partial charge in [-0.05, 0) is 37.1 Å². The summed E-state index contributed by atoms with van der Waals surface area (Å²) >= 11 is 0. The van der Waals surface area contributed by atoms with Gasteiger partial charge in [0.2, 0.25) is 0 Å². The number of rotatable bonds is 7. The molecule has 1 unspecified atom stereocenters. The van der Waals surface area contributed by atoms with Crippen LogP contribution < -0.4 is 10.1 Å². The van der Waals surface area contributed by atoms with Crippen LogP contribution in [0.15, 0.2) is 48.7 Å². The number of esters is 1. The first-order chi connectivity index (χ1) is 13.5. The monoisotopic (exact) mass is 380 g/mol. The lowest BCUT2D eigenvalue weighted by Crippen LogP contribution is -2.44. The fourth-order valence-electron chi connectivity index (χ4n) is 3.20. The molecule has 0 radical (unpaired) electrons. The van der Waals surface area contributed by atoms with Crippen LogP contribution >= 0.6 is 0 Å². The highest BCUT2D eigenvalue weighted by molar-refractivity contribution is 5.87. The summed E-state index contributed by atoms with van der Waals surface area (Å²) in [6.07, 6.45) is 2.17. The predicted octanol–water partition coefficient (Wildman–Crippen LogP) is 3.06. The molecule has 0 aliphatic rings. The molecule has 3 rings (SSSR count). The van der Waals surface area contributed by atoms with E-state index in [9.17, 15) is 9.59 Å². The second kappa shape index (κ2) is 8.61. The van der Waals surface area contributed by atoms with Crippen LogP contribution in [-0.4, -0.2) is 36.6 Å². The van der Waals surface area contributed by atoms with Crippen LogP contribution in [0.5, 0.6) is 5.75 Å². The first-order valence-electron chi connectivity index (χ1n) is 9.10. The molecule has 28 heavy (non-hydrogen) atoms. The highest BCUT2D eigenvalue weighted by Crippen LogP contribution is 2.20. The van der Waals surface area contributed by atoms with Crippen molar-refractivity contribution in [1.82, 2.24) is 10.3 Å². The molecule has 6 nitrogen and oxygen atoms in total. The van der Waals surface area contributed by atoms with Crippen molar-refractivity contribution in [2.75, 3.05) is 13.7 Å². The molecule has 0 spiro atoms. The molecule has 1 aromatic heterocycles. The number of aromatic amines is 1. The van der Waals surface area contributed by atoms with Gasteiger partial charge in [0.25, 0.3) is 5.91 Å². The summed E-state index contributed by atoms with van der Waals surface area (Å²) in [7, 11) is 1.31. The maximum absolute atomic E-state index is 12.4. The number of methoxy groups -OCH3 is 1. The lowest BCUT2D eigenvalue weighted by molar-refractivity contribution is -0.145. The molecular weight excluding hydrogens is 356 g/mol. The second-order valence-electron chi connectivity index (χ2n) is 6.76. The summed E-state index contributed by atoms with van der Waals surface area (Å²) in [5.41, 5.74) is 3.99. The summed E-state index contributed by atoms with van der Waals surface area (Å²) < 4.78 is 10.5. The van der Waals surface area contributed by atoms with E-state index < -0.39 is 12.0 Å². The third kappa shape index (κ3) is 4.52. The minimum atomic E-state index is -0.792. The van der Waals surface area contributed by atoms with Gasteiger partial charge in [-0.25, -0.2) is 4.79 Å². The van der Waals surface area contributed by atoms with E-state index >= 15 is 0 Å². The number of fused-ring (bicyclic) bond motifs is 1. The third-order valence-electron chi connectivity index (χ3n) is 4.61. The number of aromatic nitrogens is 1. The zero-order valence-electron chi connectivity index (χ0n) is 16.2. The number of H-pyrrole nitrogens is 1. The van der Waals surface area contributed by atoms with E-state index in [0.717, 1.165) is 27.6 Å². The van der Waals surface area contributed by atoms with Crippen molar-refractivity contribution in [3.63, 3.8) is 0 Å². The van der Waals surface area contributed by atoms with Crippen molar-refractivity contribution < 1.29 is 19.1 Å².